The predicted octanol–water partition coefficient (Wildman–Crippen LogP) is 1.92. The van der Waals surface area contributed by atoms with Crippen LogP contribution >= 0.6 is 0 Å². The molecule has 268 valence electrons. The van der Waals surface area contributed by atoms with Crippen molar-refractivity contribution in [2.45, 2.75) is 57.4 Å². The lowest BCUT2D eigenvalue weighted by Crippen LogP contribution is -2.36. The first-order valence-corrected chi connectivity index (χ1v) is 15.5. The molecule has 48 heavy (non-hydrogen) atoms. The molecule has 0 aliphatic carbocycles. The first kappa shape index (κ1) is 43.8. The van der Waals surface area contributed by atoms with Gasteiger partial charge < -0.3 is 40.2 Å². The fraction of sp³-hybridized carbons (Fsp3) is 0.500. The molecule has 2 aliphatic rings. The van der Waals surface area contributed by atoms with E-state index in [0.717, 1.165) is 49.9 Å². The molecule has 0 radical (unpaired) electrons. The second kappa shape index (κ2) is 29.0. The molecule has 0 aromatic heterocycles. The van der Waals surface area contributed by atoms with Gasteiger partial charge >= 0.3 is 0 Å². The van der Waals surface area contributed by atoms with Gasteiger partial charge in [-0.05, 0) is 64.0 Å². The molecule has 0 unspecified atom stereocenters. The lowest BCUT2D eigenvalue weighted by Gasteiger charge is -2.19. The molecule has 0 spiro atoms. The topological polar surface area (TPSA) is 174 Å². The molecule has 0 bridgehead atoms. The van der Waals surface area contributed by atoms with Gasteiger partial charge in [0.05, 0.1) is 18.4 Å². The zero-order valence-electron chi connectivity index (χ0n) is 29.1. The Balaban J connectivity index is 0.000000580. The minimum absolute atomic E-state index is 0.0406. The summed E-state index contributed by atoms with van der Waals surface area (Å²) in [7, 11) is 10.7. The molecule has 2 aromatic carbocycles. The van der Waals surface area contributed by atoms with Crippen LogP contribution in [0.2, 0.25) is 0 Å². The van der Waals surface area contributed by atoms with Crippen molar-refractivity contribution in [2.24, 2.45) is 10.7 Å². The molecule has 2 aliphatic heterocycles. The van der Waals surface area contributed by atoms with E-state index in [1.807, 2.05) is 93.8 Å². The van der Waals surface area contributed by atoms with Crippen LogP contribution in [0.3, 0.4) is 0 Å². The summed E-state index contributed by atoms with van der Waals surface area (Å²) in [5.41, 5.74) is 7.01. The molecule has 14 nitrogen and oxygen atoms in total. The molecular weight excluding hydrogens is 620 g/mol. The summed E-state index contributed by atoms with van der Waals surface area (Å²) in [5, 5.41) is 6.08. The van der Waals surface area contributed by atoms with E-state index in [9.17, 15) is 19.2 Å². The Morgan fingerprint density at radius 2 is 1.25 bits per heavy atom. The SMILES string of the molecule is CN(C)C=NC(=O)[C@H]1CCCN1.COC(OC)N(C)C.NC(=O)[C@H]1CCCN1.O=COCc1ccccc1.O=COCc1ccccc1. The van der Waals surface area contributed by atoms with Gasteiger partial charge in [0.2, 0.25) is 12.3 Å². The zero-order chi connectivity index (χ0) is 36.0. The highest BCUT2D eigenvalue weighted by atomic mass is 16.7. The Bertz CT molecular complexity index is 1080. The lowest BCUT2D eigenvalue weighted by molar-refractivity contribution is -0.179. The van der Waals surface area contributed by atoms with Gasteiger partial charge in [0.1, 0.15) is 13.2 Å². The third-order valence-corrected chi connectivity index (χ3v) is 6.32. The van der Waals surface area contributed by atoms with E-state index >= 15 is 0 Å². The Kier molecular flexibility index (Phi) is 26.4. The van der Waals surface area contributed by atoms with Gasteiger partial charge in [-0.15, -0.1) is 0 Å². The second-order valence-electron chi connectivity index (χ2n) is 10.8. The average Bonchev–Trinajstić information content (AvgIpc) is 3.84. The second-order valence-corrected chi connectivity index (χ2v) is 10.8. The molecule has 2 amide bonds. The molecule has 2 atom stereocenters. The number of rotatable bonds is 12. The van der Waals surface area contributed by atoms with Crippen LogP contribution < -0.4 is 16.4 Å². The fourth-order valence-electron chi connectivity index (χ4n) is 4.01. The zero-order valence-corrected chi connectivity index (χ0v) is 29.1. The molecule has 14 heteroatoms. The Morgan fingerprint density at radius 1 is 0.812 bits per heavy atom. The average molecular weight is 675 g/mol. The van der Waals surface area contributed by atoms with Crippen LogP contribution in [0.4, 0.5) is 0 Å². The Morgan fingerprint density at radius 3 is 1.52 bits per heavy atom. The smallest absolute Gasteiger partial charge is 0.293 e. The third kappa shape index (κ3) is 23.2. The Hall–Kier alpha value is -4.21. The molecule has 4 rings (SSSR count). The number of methoxy groups -OCH3 is 2. The fourth-order valence-corrected chi connectivity index (χ4v) is 4.01. The van der Waals surface area contributed by atoms with E-state index in [1.54, 1.807) is 25.5 Å². The van der Waals surface area contributed by atoms with Crippen molar-refractivity contribution in [1.82, 2.24) is 20.4 Å². The maximum absolute atomic E-state index is 11.3. The van der Waals surface area contributed by atoms with Crippen LogP contribution in [0.5, 0.6) is 0 Å². The van der Waals surface area contributed by atoms with Crippen molar-refractivity contribution in [3.63, 3.8) is 0 Å². The molecule has 2 heterocycles. The normalized spacial score (nSPS) is 16.1. The van der Waals surface area contributed by atoms with Crippen LogP contribution in [0, 0.1) is 0 Å². The quantitative estimate of drug-likeness (QED) is 0.129. The van der Waals surface area contributed by atoms with Gasteiger partial charge in [0.25, 0.3) is 18.9 Å². The minimum atomic E-state index is -0.220. The highest BCUT2D eigenvalue weighted by molar-refractivity contribution is 5.88. The minimum Gasteiger partial charge on any atom is -0.463 e. The highest BCUT2D eigenvalue weighted by Gasteiger charge is 2.20. The van der Waals surface area contributed by atoms with Gasteiger partial charge in [-0.25, -0.2) is 4.99 Å². The predicted molar refractivity (Wildman–Crippen MR) is 185 cm³/mol. The molecule has 2 aromatic rings. The summed E-state index contributed by atoms with van der Waals surface area (Å²) in [6.07, 6.45) is 5.32. The lowest BCUT2D eigenvalue weighted by atomic mass is 10.2. The van der Waals surface area contributed by atoms with E-state index in [1.165, 1.54) is 0 Å². The number of aliphatic imine (C=N–C) groups is 1. The number of nitrogens with two attached hydrogens (primary N) is 1. The van der Waals surface area contributed by atoms with E-state index < -0.39 is 0 Å². The van der Waals surface area contributed by atoms with E-state index in [0.29, 0.717) is 26.2 Å². The first-order valence-electron chi connectivity index (χ1n) is 15.5. The first-order chi connectivity index (χ1) is 23.1. The van der Waals surface area contributed by atoms with Gasteiger partial charge in [-0.3, -0.25) is 24.1 Å². The summed E-state index contributed by atoms with van der Waals surface area (Å²) in [6, 6.07) is 19.0. The summed E-state index contributed by atoms with van der Waals surface area (Å²) in [4.78, 5) is 48.5. The van der Waals surface area contributed by atoms with Crippen LogP contribution in [0.15, 0.2) is 65.7 Å². The number of amides is 2. The van der Waals surface area contributed by atoms with E-state index in [2.05, 4.69) is 25.1 Å². The van der Waals surface area contributed by atoms with Crippen molar-refractivity contribution >= 4 is 31.1 Å². The standard InChI is InChI=1S/C8H15N3O.2C8H8O2.C5H10N2O.C5H13NO2/c1-11(2)6-10-8(12)7-4-3-5-9-7;2*9-7-10-6-8-4-2-1-3-5-8;6-5(8)4-2-1-3-7-4;1-6(2)5(7-3)8-4/h6-7,9H,3-5H2,1-2H3;2*1-5,7H,6H2;4,7H,1-3H2,(H2,6,8);5H,1-4H3/t7-;;;4-;/m1..1./s1. The van der Waals surface area contributed by atoms with Crippen LogP contribution in [-0.2, 0) is 51.3 Å². The number of carbonyl (C=O) groups excluding carboxylic acids is 4. The number of nitrogens with zero attached hydrogens (tertiary/aromatic N) is 3. The summed E-state index contributed by atoms with van der Waals surface area (Å²) in [5.74, 6) is -0.274. The summed E-state index contributed by atoms with van der Waals surface area (Å²) < 4.78 is 18.8. The number of ether oxygens (including phenoxy) is 4. The number of primary amides is 1. The maximum Gasteiger partial charge on any atom is 0.293 e. The van der Waals surface area contributed by atoms with Crippen molar-refractivity contribution in [1.29, 1.82) is 0 Å². The van der Waals surface area contributed by atoms with Crippen molar-refractivity contribution in [3.8, 4) is 0 Å². The van der Waals surface area contributed by atoms with Gasteiger partial charge in [-0.2, -0.15) is 0 Å². The van der Waals surface area contributed by atoms with Crippen LogP contribution in [-0.4, -0.2) is 115 Å². The van der Waals surface area contributed by atoms with E-state index in [-0.39, 0.29) is 30.3 Å². The van der Waals surface area contributed by atoms with Crippen LogP contribution in [0.25, 0.3) is 0 Å². The number of hydrogen-bond acceptors (Lipinski definition) is 11. The number of nitrogens with one attached hydrogen (secondary N) is 2. The van der Waals surface area contributed by atoms with Crippen molar-refractivity contribution < 1.29 is 38.1 Å². The number of hydrogen-bond donors (Lipinski definition) is 3. The molecule has 0 saturated carbocycles. The van der Waals surface area contributed by atoms with Crippen LogP contribution in [0.1, 0.15) is 36.8 Å². The molecule has 2 fully saturated rings. The highest BCUT2D eigenvalue weighted by Crippen LogP contribution is 2.06. The van der Waals surface area contributed by atoms with Gasteiger partial charge in [0.15, 0.2) is 0 Å². The number of carbonyl (C=O) groups is 4. The number of benzene rings is 2. The monoisotopic (exact) mass is 674 g/mol. The third-order valence-electron chi connectivity index (χ3n) is 6.32. The maximum atomic E-state index is 11.3. The van der Waals surface area contributed by atoms with E-state index in [4.69, 9.17) is 15.2 Å². The Labute approximate surface area is 284 Å². The van der Waals surface area contributed by atoms with Gasteiger partial charge in [0, 0.05) is 28.3 Å². The largest absolute Gasteiger partial charge is 0.463 e. The molecular formula is C34H54N6O8. The van der Waals surface area contributed by atoms with Crippen molar-refractivity contribution in [3.05, 3.63) is 71.8 Å². The molecule has 4 N–H and O–H groups in total. The summed E-state index contributed by atoms with van der Waals surface area (Å²) >= 11 is 0. The summed E-state index contributed by atoms with van der Waals surface area (Å²) in [6.45, 7) is 3.51. The van der Waals surface area contributed by atoms with Crippen molar-refractivity contribution in [2.75, 3.05) is 55.5 Å². The molecule has 2 saturated heterocycles. The van der Waals surface area contributed by atoms with Gasteiger partial charge in [-0.1, -0.05) is 60.7 Å².